The van der Waals surface area contributed by atoms with Gasteiger partial charge in [-0.15, -0.1) is 0 Å². The second-order valence-electron chi connectivity index (χ2n) is 4.79. The fraction of sp³-hybridized carbons (Fsp3) is 0.583. The Morgan fingerprint density at radius 1 is 1.60 bits per heavy atom. The first-order valence-electron chi connectivity index (χ1n) is 6.50. The summed E-state index contributed by atoms with van der Waals surface area (Å²) >= 11 is 0. The number of aliphatic hydroxyl groups excluding tert-OH is 1. The van der Waals surface area contributed by atoms with Crippen molar-refractivity contribution in [2.24, 2.45) is 0 Å². The van der Waals surface area contributed by atoms with Gasteiger partial charge in [-0.2, -0.15) is 0 Å². The van der Waals surface area contributed by atoms with E-state index in [4.69, 9.17) is 5.11 Å². The van der Waals surface area contributed by atoms with Crippen LogP contribution in [-0.2, 0) is 11.2 Å². The highest BCUT2D eigenvalue weighted by Crippen LogP contribution is 2.16. The van der Waals surface area contributed by atoms with Crippen molar-refractivity contribution < 1.29 is 19.8 Å². The van der Waals surface area contributed by atoms with Gasteiger partial charge in [-0.1, -0.05) is 0 Å². The van der Waals surface area contributed by atoms with E-state index < -0.39 is 18.0 Å². The number of carbonyl (C=O) groups excluding carboxylic acids is 1. The third-order valence-electron chi connectivity index (χ3n) is 3.42. The number of aromatic nitrogens is 2. The molecule has 0 saturated carbocycles. The first-order chi connectivity index (χ1) is 9.61. The third kappa shape index (κ3) is 3.27. The lowest BCUT2D eigenvalue weighted by molar-refractivity contribution is -0.139. The van der Waals surface area contributed by atoms with Crippen LogP contribution in [0.25, 0.3) is 0 Å². The summed E-state index contributed by atoms with van der Waals surface area (Å²) in [4.78, 5) is 31.4. The van der Waals surface area contributed by atoms with Gasteiger partial charge in [0.15, 0.2) is 0 Å². The lowest BCUT2D eigenvalue weighted by Gasteiger charge is -2.25. The summed E-state index contributed by atoms with van der Waals surface area (Å²) in [6.07, 6.45) is 4.67. The summed E-state index contributed by atoms with van der Waals surface area (Å²) in [7, 11) is 0. The number of likely N-dealkylation sites (tertiary alicyclic amines) is 1. The van der Waals surface area contributed by atoms with Crippen molar-refractivity contribution in [3.63, 3.8) is 0 Å². The van der Waals surface area contributed by atoms with E-state index in [1.54, 1.807) is 0 Å². The smallest absolute Gasteiger partial charge is 0.326 e. The van der Waals surface area contributed by atoms with Crippen LogP contribution in [0.1, 0.15) is 18.5 Å². The SMILES string of the molecule is O=C(O)C(Cc1cnc[nH]1)NC(=O)N1CCCC1CO. The number of nitrogens with one attached hydrogen (secondary N) is 2. The molecule has 1 aliphatic rings. The van der Waals surface area contributed by atoms with Gasteiger partial charge in [0.25, 0.3) is 0 Å². The summed E-state index contributed by atoms with van der Waals surface area (Å²) in [6, 6.07) is -1.70. The fourth-order valence-corrected chi connectivity index (χ4v) is 2.34. The Labute approximate surface area is 115 Å². The molecule has 4 N–H and O–H groups in total. The molecule has 20 heavy (non-hydrogen) atoms. The Balaban J connectivity index is 1.97. The zero-order valence-electron chi connectivity index (χ0n) is 11.0. The number of imidazole rings is 1. The number of H-pyrrole nitrogens is 1. The highest BCUT2D eigenvalue weighted by Gasteiger charge is 2.31. The van der Waals surface area contributed by atoms with Crippen LogP contribution in [0.15, 0.2) is 12.5 Å². The van der Waals surface area contributed by atoms with E-state index in [0.717, 1.165) is 12.8 Å². The number of carbonyl (C=O) groups is 2. The average molecular weight is 282 g/mol. The number of aliphatic carboxylic acids is 1. The molecule has 2 unspecified atom stereocenters. The predicted octanol–water partition coefficient (Wildman–Crippen LogP) is -0.428. The molecule has 0 bridgehead atoms. The van der Waals surface area contributed by atoms with Gasteiger partial charge >= 0.3 is 12.0 Å². The average Bonchev–Trinajstić information content (AvgIpc) is 3.08. The molecule has 1 saturated heterocycles. The van der Waals surface area contributed by atoms with Crippen LogP contribution in [0.3, 0.4) is 0 Å². The van der Waals surface area contributed by atoms with Crippen molar-refractivity contribution in [2.45, 2.75) is 31.3 Å². The van der Waals surface area contributed by atoms with Crippen LogP contribution in [0, 0.1) is 0 Å². The van der Waals surface area contributed by atoms with Gasteiger partial charge in [-0.25, -0.2) is 14.6 Å². The molecule has 0 aliphatic carbocycles. The predicted molar refractivity (Wildman–Crippen MR) is 69.1 cm³/mol. The third-order valence-corrected chi connectivity index (χ3v) is 3.42. The van der Waals surface area contributed by atoms with Gasteiger partial charge in [0, 0.05) is 24.9 Å². The monoisotopic (exact) mass is 282 g/mol. The Morgan fingerprint density at radius 3 is 3.00 bits per heavy atom. The number of carboxylic acid groups (broad SMARTS) is 1. The lowest BCUT2D eigenvalue weighted by atomic mass is 10.1. The van der Waals surface area contributed by atoms with Crippen LogP contribution in [0.5, 0.6) is 0 Å². The van der Waals surface area contributed by atoms with Crippen LogP contribution in [0.2, 0.25) is 0 Å². The molecule has 8 nitrogen and oxygen atoms in total. The number of urea groups is 1. The molecule has 2 heterocycles. The molecule has 1 aromatic rings. The summed E-state index contributed by atoms with van der Waals surface area (Å²) < 4.78 is 0. The van der Waals surface area contributed by atoms with Crippen LogP contribution < -0.4 is 5.32 Å². The molecule has 110 valence electrons. The molecule has 1 aromatic heterocycles. The number of carboxylic acids is 1. The van der Waals surface area contributed by atoms with E-state index in [1.807, 2.05) is 0 Å². The van der Waals surface area contributed by atoms with Gasteiger partial charge in [0.1, 0.15) is 6.04 Å². The summed E-state index contributed by atoms with van der Waals surface area (Å²) in [5.41, 5.74) is 0.637. The number of hydrogen-bond acceptors (Lipinski definition) is 4. The van der Waals surface area contributed by atoms with Crippen molar-refractivity contribution in [1.29, 1.82) is 0 Å². The maximum atomic E-state index is 12.1. The van der Waals surface area contributed by atoms with Crippen molar-refractivity contribution in [3.8, 4) is 0 Å². The molecular weight excluding hydrogens is 264 g/mol. The molecular formula is C12H18N4O4. The number of amides is 2. The molecule has 2 amide bonds. The summed E-state index contributed by atoms with van der Waals surface area (Å²) in [6.45, 7) is 0.430. The van der Waals surface area contributed by atoms with E-state index in [1.165, 1.54) is 17.4 Å². The quantitative estimate of drug-likeness (QED) is 0.584. The van der Waals surface area contributed by atoms with Gasteiger partial charge < -0.3 is 25.4 Å². The van der Waals surface area contributed by atoms with Crippen LogP contribution in [0.4, 0.5) is 4.79 Å². The van der Waals surface area contributed by atoms with Gasteiger partial charge in [-0.3, -0.25) is 0 Å². The molecule has 0 radical (unpaired) electrons. The Bertz CT molecular complexity index is 462. The fourth-order valence-electron chi connectivity index (χ4n) is 2.34. The topological polar surface area (TPSA) is 119 Å². The second-order valence-corrected chi connectivity index (χ2v) is 4.79. The standard InChI is InChI=1S/C12H18N4O4/c17-6-9-2-1-3-16(9)12(20)15-10(11(18)19)4-8-5-13-7-14-8/h5,7,9-10,17H,1-4,6H2,(H,13,14)(H,15,20)(H,18,19). The van der Waals surface area contributed by atoms with Crippen molar-refractivity contribution in [1.82, 2.24) is 20.2 Å². The second kappa shape index (κ2) is 6.38. The van der Waals surface area contributed by atoms with Gasteiger partial charge in [0.05, 0.1) is 19.0 Å². The van der Waals surface area contributed by atoms with Gasteiger partial charge in [0.2, 0.25) is 0 Å². The number of aliphatic hydroxyl groups is 1. The van der Waals surface area contributed by atoms with E-state index in [9.17, 15) is 14.7 Å². The number of aromatic amines is 1. The Morgan fingerprint density at radius 2 is 2.40 bits per heavy atom. The molecule has 8 heteroatoms. The minimum atomic E-state index is -1.10. The molecule has 0 aromatic carbocycles. The first kappa shape index (κ1) is 14.3. The van der Waals surface area contributed by atoms with Gasteiger partial charge in [-0.05, 0) is 12.8 Å². The van der Waals surface area contributed by atoms with Crippen LogP contribution in [-0.4, -0.2) is 62.3 Å². The van der Waals surface area contributed by atoms with Crippen molar-refractivity contribution in [3.05, 3.63) is 18.2 Å². The molecule has 2 atom stereocenters. The summed E-state index contributed by atoms with van der Waals surface area (Å²) in [5, 5.41) is 20.8. The zero-order valence-corrected chi connectivity index (χ0v) is 11.0. The van der Waals surface area contributed by atoms with Crippen LogP contribution >= 0.6 is 0 Å². The van der Waals surface area contributed by atoms with E-state index in [-0.39, 0.29) is 19.1 Å². The minimum Gasteiger partial charge on any atom is -0.480 e. The Hall–Kier alpha value is -2.09. The zero-order chi connectivity index (χ0) is 14.5. The number of rotatable bonds is 5. The molecule has 1 fully saturated rings. The van der Waals surface area contributed by atoms with Crippen molar-refractivity contribution >= 4 is 12.0 Å². The maximum Gasteiger partial charge on any atom is 0.326 e. The highest BCUT2D eigenvalue weighted by atomic mass is 16.4. The number of nitrogens with zero attached hydrogens (tertiary/aromatic N) is 2. The summed E-state index contributed by atoms with van der Waals surface area (Å²) in [5.74, 6) is -1.10. The highest BCUT2D eigenvalue weighted by molar-refractivity contribution is 5.83. The van der Waals surface area contributed by atoms with E-state index in [0.29, 0.717) is 12.2 Å². The van der Waals surface area contributed by atoms with E-state index >= 15 is 0 Å². The number of hydrogen-bond donors (Lipinski definition) is 4. The minimum absolute atomic E-state index is 0.105. The van der Waals surface area contributed by atoms with E-state index in [2.05, 4.69) is 15.3 Å². The first-order valence-corrected chi connectivity index (χ1v) is 6.50. The van der Waals surface area contributed by atoms with Crippen molar-refractivity contribution in [2.75, 3.05) is 13.2 Å². The Kier molecular flexibility index (Phi) is 4.57. The largest absolute Gasteiger partial charge is 0.480 e. The molecule has 2 rings (SSSR count). The molecule has 0 spiro atoms. The normalized spacial score (nSPS) is 19.9. The lowest BCUT2D eigenvalue weighted by Crippen LogP contribution is -2.51. The maximum absolute atomic E-state index is 12.1. The molecule has 1 aliphatic heterocycles.